The number of halogens is 1. The molecule has 0 amide bonds. The molecule has 30 heavy (non-hydrogen) atoms. The number of allylic oxidation sites excluding steroid dienone is 1. The van der Waals surface area contributed by atoms with Crippen LogP contribution in [0.15, 0.2) is 42.5 Å². The van der Waals surface area contributed by atoms with Gasteiger partial charge in [0.05, 0.1) is 14.2 Å². The zero-order valence-electron chi connectivity index (χ0n) is 17.7. The number of carbonyl (C=O) groups is 2. The van der Waals surface area contributed by atoms with Gasteiger partial charge in [0.1, 0.15) is 17.2 Å². The zero-order valence-corrected chi connectivity index (χ0v) is 17.7. The summed E-state index contributed by atoms with van der Waals surface area (Å²) in [6, 6.07) is 8.75. The van der Waals surface area contributed by atoms with Crippen molar-refractivity contribution in [3.05, 3.63) is 59.4 Å². The van der Waals surface area contributed by atoms with Crippen molar-refractivity contribution in [2.45, 2.75) is 26.4 Å². The molecule has 2 aromatic rings. The van der Waals surface area contributed by atoms with Gasteiger partial charge >= 0.3 is 5.97 Å². The maximum atomic E-state index is 13.9. The molecule has 6 nitrogen and oxygen atoms in total. The fourth-order valence-corrected chi connectivity index (χ4v) is 2.53. The number of ether oxygens (including phenoxy) is 4. The van der Waals surface area contributed by atoms with Crippen LogP contribution in [0.4, 0.5) is 4.39 Å². The first-order valence-electron chi connectivity index (χ1n) is 9.21. The number of ketones is 1. The van der Waals surface area contributed by atoms with Gasteiger partial charge in [-0.1, -0.05) is 12.1 Å². The Labute approximate surface area is 175 Å². The van der Waals surface area contributed by atoms with E-state index in [4.69, 9.17) is 18.9 Å². The van der Waals surface area contributed by atoms with Crippen LogP contribution in [0.1, 0.15) is 36.7 Å². The topological polar surface area (TPSA) is 71.1 Å². The van der Waals surface area contributed by atoms with Gasteiger partial charge in [-0.2, -0.15) is 0 Å². The number of hydrogen-bond acceptors (Lipinski definition) is 6. The summed E-state index contributed by atoms with van der Waals surface area (Å²) in [6.45, 7) is 4.80. The van der Waals surface area contributed by atoms with Crippen LogP contribution in [-0.4, -0.2) is 38.2 Å². The molecule has 0 aromatic heterocycles. The molecule has 0 aliphatic heterocycles. The highest BCUT2D eigenvalue weighted by Crippen LogP contribution is 2.28. The fourth-order valence-electron chi connectivity index (χ4n) is 2.53. The maximum Gasteiger partial charge on any atom is 0.344 e. The molecule has 160 valence electrons. The van der Waals surface area contributed by atoms with Crippen molar-refractivity contribution in [3.63, 3.8) is 0 Å². The number of esters is 1. The average Bonchev–Trinajstić information content (AvgIpc) is 2.68. The SMILES string of the molecule is COc1ccc(C=CC(=O)c2cc(F)cc(OCC(=O)OC(C)(C)C)c2)cc1OC. The molecular formula is C23H25FO6. The standard InChI is InChI=1S/C23H25FO6/c1-23(2,3)30-22(26)14-29-18-12-16(11-17(24)13-18)19(25)8-6-15-7-9-20(27-4)21(10-15)28-5/h6-13H,14H2,1-5H3. The summed E-state index contributed by atoms with van der Waals surface area (Å²) >= 11 is 0. The lowest BCUT2D eigenvalue weighted by Gasteiger charge is -2.19. The van der Waals surface area contributed by atoms with Gasteiger partial charge in [0.25, 0.3) is 0 Å². The Morgan fingerprint density at radius 3 is 2.33 bits per heavy atom. The van der Waals surface area contributed by atoms with Crippen molar-refractivity contribution in [1.29, 1.82) is 0 Å². The van der Waals surface area contributed by atoms with E-state index in [2.05, 4.69) is 0 Å². The summed E-state index contributed by atoms with van der Waals surface area (Å²) in [5.74, 6) is -0.517. The second kappa shape index (κ2) is 9.91. The Kier molecular flexibility index (Phi) is 7.58. The quantitative estimate of drug-likeness (QED) is 0.359. The molecule has 0 saturated carbocycles. The molecule has 0 bridgehead atoms. The van der Waals surface area contributed by atoms with Gasteiger partial charge in [-0.05, 0) is 56.7 Å². The van der Waals surface area contributed by atoms with Gasteiger partial charge < -0.3 is 18.9 Å². The van der Waals surface area contributed by atoms with Crippen LogP contribution in [0.2, 0.25) is 0 Å². The van der Waals surface area contributed by atoms with Crippen LogP contribution in [0.25, 0.3) is 6.08 Å². The monoisotopic (exact) mass is 416 g/mol. The molecule has 0 aliphatic rings. The number of hydrogen-bond donors (Lipinski definition) is 0. The highest BCUT2D eigenvalue weighted by molar-refractivity contribution is 6.07. The lowest BCUT2D eigenvalue weighted by atomic mass is 10.1. The molecule has 0 N–H and O–H groups in total. The van der Waals surface area contributed by atoms with Crippen molar-refractivity contribution in [1.82, 2.24) is 0 Å². The Morgan fingerprint density at radius 1 is 1.00 bits per heavy atom. The summed E-state index contributed by atoms with van der Waals surface area (Å²) in [7, 11) is 3.05. The first-order chi connectivity index (χ1) is 14.1. The average molecular weight is 416 g/mol. The third-order valence-electron chi connectivity index (χ3n) is 3.77. The predicted molar refractivity (Wildman–Crippen MR) is 111 cm³/mol. The summed E-state index contributed by atoms with van der Waals surface area (Å²) in [6.07, 6.45) is 2.89. The molecular weight excluding hydrogens is 391 g/mol. The molecule has 0 heterocycles. The summed E-state index contributed by atoms with van der Waals surface area (Å²) in [5.41, 5.74) is 0.142. The molecule has 2 rings (SSSR count). The first kappa shape index (κ1) is 22.9. The smallest absolute Gasteiger partial charge is 0.344 e. The number of rotatable bonds is 8. The van der Waals surface area contributed by atoms with Gasteiger partial charge in [-0.3, -0.25) is 4.79 Å². The third kappa shape index (κ3) is 6.92. The molecule has 0 saturated heterocycles. The van der Waals surface area contributed by atoms with E-state index in [1.165, 1.54) is 26.4 Å². The lowest BCUT2D eigenvalue weighted by Crippen LogP contribution is -2.27. The predicted octanol–water partition coefficient (Wildman–Crippen LogP) is 4.46. The Balaban J connectivity index is 2.11. The fraction of sp³-hybridized carbons (Fsp3) is 0.304. The number of carbonyl (C=O) groups excluding carboxylic acids is 2. The van der Waals surface area contributed by atoms with E-state index in [-0.39, 0.29) is 11.3 Å². The second-order valence-corrected chi connectivity index (χ2v) is 7.36. The Morgan fingerprint density at radius 2 is 1.70 bits per heavy atom. The van der Waals surface area contributed by atoms with Gasteiger partial charge in [0.2, 0.25) is 0 Å². The van der Waals surface area contributed by atoms with E-state index in [0.29, 0.717) is 17.1 Å². The Hall–Kier alpha value is -3.35. The van der Waals surface area contributed by atoms with E-state index < -0.39 is 29.8 Å². The minimum absolute atomic E-state index is 0.0590. The van der Waals surface area contributed by atoms with Gasteiger partial charge in [0, 0.05) is 11.6 Å². The van der Waals surface area contributed by atoms with E-state index in [9.17, 15) is 14.0 Å². The van der Waals surface area contributed by atoms with E-state index in [1.807, 2.05) is 0 Å². The largest absolute Gasteiger partial charge is 0.493 e. The van der Waals surface area contributed by atoms with E-state index in [1.54, 1.807) is 45.0 Å². The molecule has 0 fully saturated rings. The van der Waals surface area contributed by atoms with Crippen molar-refractivity contribution in [2.75, 3.05) is 20.8 Å². The van der Waals surface area contributed by atoms with Crippen LogP contribution in [0.5, 0.6) is 17.2 Å². The van der Waals surface area contributed by atoms with E-state index >= 15 is 0 Å². The molecule has 7 heteroatoms. The van der Waals surface area contributed by atoms with Crippen molar-refractivity contribution < 1.29 is 32.9 Å². The van der Waals surface area contributed by atoms with Gasteiger partial charge in [0.15, 0.2) is 23.9 Å². The first-order valence-corrected chi connectivity index (χ1v) is 9.21. The third-order valence-corrected chi connectivity index (χ3v) is 3.77. The van der Waals surface area contributed by atoms with Crippen molar-refractivity contribution >= 4 is 17.8 Å². The van der Waals surface area contributed by atoms with Crippen LogP contribution in [-0.2, 0) is 9.53 Å². The molecule has 0 aliphatic carbocycles. The molecule has 0 atom stereocenters. The molecule has 0 unspecified atom stereocenters. The van der Waals surface area contributed by atoms with Crippen LogP contribution in [0.3, 0.4) is 0 Å². The normalized spacial score (nSPS) is 11.3. The van der Waals surface area contributed by atoms with Crippen LogP contribution < -0.4 is 14.2 Å². The second-order valence-electron chi connectivity index (χ2n) is 7.36. The zero-order chi connectivity index (χ0) is 22.3. The van der Waals surface area contributed by atoms with Crippen LogP contribution >= 0.6 is 0 Å². The molecule has 2 aromatic carbocycles. The van der Waals surface area contributed by atoms with Crippen molar-refractivity contribution in [3.8, 4) is 17.2 Å². The molecule has 0 spiro atoms. The summed E-state index contributed by atoms with van der Waals surface area (Å²) in [5, 5.41) is 0. The number of methoxy groups -OCH3 is 2. The minimum Gasteiger partial charge on any atom is -0.493 e. The van der Waals surface area contributed by atoms with Gasteiger partial charge in [-0.25, -0.2) is 9.18 Å². The maximum absolute atomic E-state index is 13.9. The van der Waals surface area contributed by atoms with Crippen molar-refractivity contribution in [2.24, 2.45) is 0 Å². The Bertz CT molecular complexity index is 943. The van der Waals surface area contributed by atoms with E-state index in [0.717, 1.165) is 12.1 Å². The van der Waals surface area contributed by atoms with Crippen LogP contribution in [0, 0.1) is 5.82 Å². The number of benzene rings is 2. The highest BCUT2D eigenvalue weighted by atomic mass is 19.1. The highest BCUT2D eigenvalue weighted by Gasteiger charge is 2.17. The van der Waals surface area contributed by atoms with Gasteiger partial charge in [-0.15, -0.1) is 0 Å². The minimum atomic E-state index is -0.654. The summed E-state index contributed by atoms with van der Waals surface area (Å²) in [4.78, 5) is 24.2. The molecule has 0 radical (unpaired) electrons. The summed E-state index contributed by atoms with van der Waals surface area (Å²) < 4.78 is 34.7. The lowest BCUT2D eigenvalue weighted by molar-refractivity contribution is -0.157.